The van der Waals surface area contributed by atoms with Crippen molar-refractivity contribution in [3.05, 3.63) is 59.2 Å². The minimum absolute atomic E-state index is 0.137. The lowest BCUT2D eigenvalue weighted by atomic mass is 9.95. The van der Waals surface area contributed by atoms with Gasteiger partial charge in [0.05, 0.1) is 5.92 Å². The summed E-state index contributed by atoms with van der Waals surface area (Å²) in [7, 11) is 0. The van der Waals surface area contributed by atoms with E-state index < -0.39 is 17.6 Å². The van der Waals surface area contributed by atoms with Crippen LogP contribution in [0.2, 0.25) is 0 Å². The average Bonchev–Trinajstić information content (AvgIpc) is 2.56. The van der Waals surface area contributed by atoms with E-state index in [1.165, 1.54) is 6.07 Å². The molecule has 1 aliphatic heterocycles. The zero-order valence-corrected chi connectivity index (χ0v) is 12.9. The van der Waals surface area contributed by atoms with Crippen molar-refractivity contribution in [3.8, 4) is 0 Å². The van der Waals surface area contributed by atoms with Crippen LogP contribution in [0.3, 0.4) is 0 Å². The first-order chi connectivity index (χ1) is 11.0. The van der Waals surface area contributed by atoms with Crippen LogP contribution in [0.4, 0.5) is 20.2 Å². The average molecular weight is 316 g/mol. The van der Waals surface area contributed by atoms with Gasteiger partial charge in [-0.15, -0.1) is 0 Å². The van der Waals surface area contributed by atoms with E-state index in [4.69, 9.17) is 5.73 Å². The maximum absolute atomic E-state index is 13.4. The largest absolute Gasteiger partial charge is 0.398 e. The molecule has 0 saturated heterocycles. The summed E-state index contributed by atoms with van der Waals surface area (Å²) >= 11 is 0. The van der Waals surface area contributed by atoms with Gasteiger partial charge in [0.25, 0.3) is 0 Å². The number of hydrogen-bond donors (Lipinski definition) is 1. The third kappa shape index (κ3) is 2.79. The molecule has 2 N–H and O–H groups in total. The molecule has 1 unspecified atom stereocenters. The predicted molar refractivity (Wildman–Crippen MR) is 86.3 cm³/mol. The van der Waals surface area contributed by atoms with Gasteiger partial charge in [-0.25, -0.2) is 8.78 Å². The molecule has 0 spiro atoms. The highest BCUT2D eigenvalue weighted by atomic mass is 19.2. The summed E-state index contributed by atoms with van der Waals surface area (Å²) in [6.07, 6.45) is 1.67. The van der Waals surface area contributed by atoms with Crippen molar-refractivity contribution < 1.29 is 13.6 Å². The van der Waals surface area contributed by atoms with Gasteiger partial charge >= 0.3 is 0 Å². The molecule has 0 radical (unpaired) electrons. The monoisotopic (exact) mass is 316 g/mol. The maximum atomic E-state index is 13.4. The highest BCUT2D eigenvalue weighted by Gasteiger charge is 2.28. The van der Waals surface area contributed by atoms with E-state index in [9.17, 15) is 13.6 Å². The van der Waals surface area contributed by atoms with Crippen LogP contribution in [0.15, 0.2) is 36.4 Å². The second kappa shape index (κ2) is 5.99. The molecule has 1 atom stereocenters. The summed E-state index contributed by atoms with van der Waals surface area (Å²) in [5, 5.41) is 0. The molecule has 0 saturated carbocycles. The van der Waals surface area contributed by atoms with Crippen LogP contribution >= 0.6 is 0 Å². The minimum atomic E-state index is -0.939. The molecule has 120 valence electrons. The van der Waals surface area contributed by atoms with Crippen LogP contribution < -0.4 is 10.6 Å². The molecule has 1 aliphatic rings. The third-order valence-electron chi connectivity index (χ3n) is 4.37. The van der Waals surface area contributed by atoms with Crippen molar-refractivity contribution in [2.45, 2.75) is 25.7 Å². The normalized spacial score (nSPS) is 15.2. The van der Waals surface area contributed by atoms with Gasteiger partial charge in [-0.2, -0.15) is 0 Å². The lowest BCUT2D eigenvalue weighted by Crippen LogP contribution is -2.38. The van der Waals surface area contributed by atoms with Gasteiger partial charge < -0.3 is 10.6 Å². The number of amides is 1. The number of nitrogens with zero attached hydrogens (tertiary/aromatic N) is 1. The standard InChI is InChI=1S/C18H18F2N2O/c1-11(12-7-8-14(19)15(20)10-12)18(23)22-9-3-4-13-16(21)5-2-6-17(13)22/h2,5-8,10-11H,3-4,9,21H2,1H3. The first-order valence-electron chi connectivity index (χ1n) is 7.62. The number of rotatable bonds is 2. The summed E-state index contributed by atoms with van der Waals surface area (Å²) in [5.41, 5.74) is 8.93. The lowest BCUT2D eigenvalue weighted by molar-refractivity contribution is -0.119. The molecule has 0 aromatic heterocycles. The Bertz CT molecular complexity index is 761. The fourth-order valence-electron chi connectivity index (χ4n) is 3.04. The molecule has 1 heterocycles. The summed E-state index contributed by atoms with van der Waals surface area (Å²) in [5.74, 6) is -2.55. The van der Waals surface area contributed by atoms with E-state index in [2.05, 4.69) is 0 Å². The number of hydrogen-bond acceptors (Lipinski definition) is 2. The van der Waals surface area contributed by atoms with Crippen LogP contribution in [0, 0.1) is 11.6 Å². The smallest absolute Gasteiger partial charge is 0.234 e. The first kappa shape index (κ1) is 15.5. The zero-order chi connectivity index (χ0) is 16.6. The van der Waals surface area contributed by atoms with E-state index in [1.54, 1.807) is 11.8 Å². The fourth-order valence-corrected chi connectivity index (χ4v) is 3.04. The third-order valence-corrected chi connectivity index (χ3v) is 4.37. The Morgan fingerprint density at radius 3 is 2.74 bits per heavy atom. The van der Waals surface area contributed by atoms with Gasteiger partial charge in [0.2, 0.25) is 5.91 Å². The number of benzene rings is 2. The SMILES string of the molecule is CC(C(=O)N1CCCc2c(N)cccc21)c1ccc(F)c(F)c1. The Hall–Kier alpha value is -2.43. The molecular weight excluding hydrogens is 298 g/mol. The summed E-state index contributed by atoms with van der Waals surface area (Å²) in [4.78, 5) is 14.5. The second-order valence-electron chi connectivity index (χ2n) is 5.83. The fraction of sp³-hybridized carbons (Fsp3) is 0.278. The Balaban J connectivity index is 1.92. The number of nitrogen functional groups attached to an aromatic ring is 1. The summed E-state index contributed by atoms with van der Waals surface area (Å²) in [6, 6.07) is 9.11. The number of nitrogens with two attached hydrogens (primary N) is 1. The minimum Gasteiger partial charge on any atom is -0.398 e. The Kier molecular flexibility index (Phi) is 4.03. The predicted octanol–water partition coefficient (Wildman–Crippen LogP) is 3.63. The van der Waals surface area contributed by atoms with Gasteiger partial charge in [0.1, 0.15) is 0 Å². The Morgan fingerprint density at radius 2 is 2.00 bits per heavy atom. The molecule has 0 aliphatic carbocycles. The highest BCUT2D eigenvalue weighted by molar-refractivity contribution is 5.99. The molecule has 3 rings (SSSR count). The summed E-state index contributed by atoms with van der Waals surface area (Å²) < 4.78 is 26.5. The quantitative estimate of drug-likeness (QED) is 0.860. The van der Waals surface area contributed by atoms with E-state index in [1.807, 2.05) is 18.2 Å². The second-order valence-corrected chi connectivity index (χ2v) is 5.83. The van der Waals surface area contributed by atoms with Crippen molar-refractivity contribution in [1.82, 2.24) is 0 Å². The Labute approximate surface area is 133 Å². The molecule has 5 heteroatoms. The van der Waals surface area contributed by atoms with Crippen molar-refractivity contribution >= 4 is 17.3 Å². The number of anilines is 2. The molecule has 23 heavy (non-hydrogen) atoms. The topological polar surface area (TPSA) is 46.3 Å². The molecule has 0 fully saturated rings. The molecule has 1 amide bonds. The van der Waals surface area contributed by atoms with Gasteiger partial charge in [-0.05, 0) is 55.2 Å². The number of halogens is 2. The van der Waals surface area contributed by atoms with Gasteiger partial charge in [-0.3, -0.25) is 4.79 Å². The van der Waals surface area contributed by atoms with Gasteiger partial charge in [-0.1, -0.05) is 12.1 Å². The molecule has 0 bridgehead atoms. The van der Waals surface area contributed by atoms with E-state index >= 15 is 0 Å². The van der Waals surface area contributed by atoms with Crippen molar-refractivity contribution in [2.75, 3.05) is 17.2 Å². The zero-order valence-electron chi connectivity index (χ0n) is 12.9. The molecule has 2 aromatic rings. The van der Waals surface area contributed by atoms with E-state index in [0.717, 1.165) is 36.2 Å². The highest BCUT2D eigenvalue weighted by Crippen LogP contribution is 2.33. The lowest BCUT2D eigenvalue weighted by Gasteiger charge is -2.32. The molecule has 3 nitrogen and oxygen atoms in total. The van der Waals surface area contributed by atoms with Crippen LogP contribution in [-0.4, -0.2) is 12.5 Å². The van der Waals surface area contributed by atoms with Gasteiger partial charge in [0, 0.05) is 17.9 Å². The van der Waals surface area contributed by atoms with Crippen molar-refractivity contribution in [1.29, 1.82) is 0 Å². The summed E-state index contributed by atoms with van der Waals surface area (Å²) in [6.45, 7) is 2.30. The number of carbonyl (C=O) groups excluding carboxylic acids is 1. The van der Waals surface area contributed by atoms with Crippen LogP contribution in [0.1, 0.15) is 30.4 Å². The number of carbonyl (C=O) groups is 1. The van der Waals surface area contributed by atoms with Crippen molar-refractivity contribution in [2.24, 2.45) is 0 Å². The maximum Gasteiger partial charge on any atom is 0.234 e. The van der Waals surface area contributed by atoms with E-state index in [-0.39, 0.29) is 5.91 Å². The van der Waals surface area contributed by atoms with Crippen LogP contribution in [-0.2, 0) is 11.2 Å². The van der Waals surface area contributed by atoms with Crippen LogP contribution in [0.25, 0.3) is 0 Å². The molecule has 2 aromatic carbocycles. The van der Waals surface area contributed by atoms with E-state index in [0.29, 0.717) is 17.8 Å². The van der Waals surface area contributed by atoms with Crippen molar-refractivity contribution in [3.63, 3.8) is 0 Å². The van der Waals surface area contributed by atoms with Crippen LogP contribution in [0.5, 0.6) is 0 Å². The Morgan fingerprint density at radius 1 is 1.22 bits per heavy atom. The molecular formula is C18H18F2N2O. The number of fused-ring (bicyclic) bond motifs is 1. The first-order valence-corrected chi connectivity index (χ1v) is 7.62. The van der Waals surface area contributed by atoms with Gasteiger partial charge in [0.15, 0.2) is 11.6 Å².